The number of aryl methyl sites for hydroxylation is 1. The topological polar surface area (TPSA) is 131 Å². The number of nitrogens with zero attached hydrogens (tertiary/aromatic N) is 4. The van der Waals surface area contributed by atoms with Crippen LogP contribution in [-0.2, 0) is 19.8 Å². The number of halogens is 3. The number of aliphatic hydroxyl groups excluding tert-OH is 1. The van der Waals surface area contributed by atoms with Gasteiger partial charge in [0.2, 0.25) is 0 Å². The van der Waals surface area contributed by atoms with Crippen molar-refractivity contribution in [3.8, 4) is 22.5 Å². The number of amides is 1. The third kappa shape index (κ3) is 5.38. The first-order chi connectivity index (χ1) is 17.6. The molecule has 2 aromatic carbocycles. The summed E-state index contributed by atoms with van der Waals surface area (Å²) >= 11 is 0. The number of carbonyl (C=O) groups is 1. The summed E-state index contributed by atoms with van der Waals surface area (Å²) in [7, 11) is 1.81. The summed E-state index contributed by atoms with van der Waals surface area (Å²) in [5, 5.41) is 23.0. The standard InChI is InChI=1S/C25H24F3N7O2/c1-3-30-21-11-15(16-6-4-5-7-17(16)23-34-31-13-35(23)2)10-20(32-21)24(37)33-19-9-14(12-36)8-18(22(19)29)25(26,27)28/h4-11,13,36H,3,12,29H2,1-2H3,(H,30,32)(H,33,37). The Balaban J connectivity index is 1.78. The highest BCUT2D eigenvalue weighted by molar-refractivity contribution is 6.06. The van der Waals surface area contributed by atoms with Crippen LogP contribution in [-0.4, -0.2) is 37.3 Å². The summed E-state index contributed by atoms with van der Waals surface area (Å²) in [6, 6.07) is 12.6. The van der Waals surface area contributed by atoms with Crippen molar-refractivity contribution in [3.63, 3.8) is 0 Å². The van der Waals surface area contributed by atoms with Gasteiger partial charge in [-0.3, -0.25) is 4.79 Å². The number of alkyl halides is 3. The Labute approximate surface area is 210 Å². The Hall–Kier alpha value is -4.45. The summed E-state index contributed by atoms with van der Waals surface area (Å²) in [6.45, 7) is 1.72. The van der Waals surface area contributed by atoms with Crippen LogP contribution in [0.4, 0.5) is 30.4 Å². The minimum atomic E-state index is -4.77. The SMILES string of the molecule is CCNc1cc(-c2ccccc2-c2nncn2C)cc(C(=O)Nc2cc(CO)cc(C(F)(F)F)c2N)n1. The van der Waals surface area contributed by atoms with E-state index < -0.39 is 29.9 Å². The van der Waals surface area contributed by atoms with Crippen LogP contribution in [0.15, 0.2) is 54.9 Å². The number of nitrogens with two attached hydrogens (primary N) is 1. The zero-order chi connectivity index (χ0) is 26.7. The van der Waals surface area contributed by atoms with Gasteiger partial charge in [-0.2, -0.15) is 13.2 Å². The van der Waals surface area contributed by atoms with Gasteiger partial charge in [-0.15, -0.1) is 10.2 Å². The maximum Gasteiger partial charge on any atom is 0.418 e. The number of aromatic nitrogens is 4. The average Bonchev–Trinajstić information content (AvgIpc) is 3.30. The average molecular weight is 512 g/mol. The van der Waals surface area contributed by atoms with Crippen LogP contribution in [0.5, 0.6) is 0 Å². The molecule has 2 heterocycles. The van der Waals surface area contributed by atoms with E-state index >= 15 is 0 Å². The second-order valence-electron chi connectivity index (χ2n) is 8.18. The third-order valence-electron chi connectivity index (χ3n) is 5.58. The first-order valence-corrected chi connectivity index (χ1v) is 11.2. The summed E-state index contributed by atoms with van der Waals surface area (Å²) in [4.78, 5) is 17.5. The number of aliphatic hydroxyl groups is 1. The van der Waals surface area contributed by atoms with Crippen molar-refractivity contribution in [1.29, 1.82) is 0 Å². The molecule has 4 rings (SSSR count). The van der Waals surface area contributed by atoms with Gasteiger partial charge < -0.3 is 26.0 Å². The summed E-state index contributed by atoms with van der Waals surface area (Å²) in [6.07, 6.45) is -3.20. The van der Waals surface area contributed by atoms with Crippen molar-refractivity contribution < 1.29 is 23.1 Å². The molecule has 9 nitrogen and oxygen atoms in total. The highest BCUT2D eigenvalue weighted by atomic mass is 19.4. The lowest BCUT2D eigenvalue weighted by Crippen LogP contribution is -2.18. The Morgan fingerprint density at radius 3 is 2.49 bits per heavy atom. The molecule has 0 saturated heterocycles. The molecule has 4 aromatic rings. The van der Waals surface area contributed by atoms with Gasteiger partial charge in [0, 0.05) is 19.2 Å². The second kappa shape index (κ2) is 10.3. The molecule has 192 valence electrons. The maximum atomic E-state index is 13.5. The van der Waals surface area contributed by atoms with Gasteiger partial charge in [0.25, 0.3) is 5.91 Å². The zero-order valence-electron chi connectivity index (χ0n) is 20.0. The second-order valence-corrected chi connectivity index (χ2v) is 8.18. The first-order valence-electron chi connectivity index (χ1n) is 11.2. The van der Waals surface area contributed by atoms with Crippen molar-refractivity contribution in [3.05, 3.63) is 71.7 Å². The number of nitrogens with one attached hydrogen (secondary N) is 2. The predicted molar refractivity (Wildman–Crippen MR) is 134 cm³/mol. The molecule has 0 aliphatic rings. The van der Waals surface area contributed by atoms with E-state index in [0.717, 1.165) is 17.2 Å². The molecule has 5 N–H and O–H groups in total. The molecule has 0 saturated carbocycles. The molecule has 2 aromatic heterocycles. The molecular weight excluding hydrogens is 487 g/mol. The van der Waals surface area contributed by atoms with Gasteiger partial charge in [0.15, 0.2) is 5.82 Å². The number of nitrogen functional groups attached to an aromatic ring is 1. The highest BCUT2D eigenvalue weighted by Gasteiger charge is 2.34. The fourth-order valence-corrected chi connectivity index (χ4v) is 3.86. The van der Waals surface area contributed by atoms with E-state index in [9.17, 15) is 23.1 Å². The van der Waals surface area contributed by atoms with Gasteiger partial charge in [0.1, 0.15) is 17.8 Å². The fraction of sp³-hybridized carbons (Fsp3) is 0.200. The van der Waals surface area contributed by atoms with E-state index in [-0.39, 0.29) is 16.9 Å². The maximum absolute atomic E-state index is 13.5. The quantitative estimate of drug-likeness (QED) is 0.272. The lowest BCUT2D eigenvalue weighted by molar-refractivity contribution is -0.136. The van der Waals surface area contributed by atoms with Crippen molar-refractivity contribution in [2.75, 3.05) is 22.9 Å². The van der Waals surface area contributed by atoms with Crippen LogP contribution in [0.25, 0.3) is 22.5 Å². The molecule has 0 radical (unpaired) electrons. The van der Waals surface area contributed by atoms with Crippen molar-refractivity contribution in [2.24, 2.45) is 7.05 Å². The fourth-order valence-electron chi connectivity index (χ4n) is 3.86. The lowest BCUT2D eigenvalue weighted by Gasteiger charge is -2.17. The summed E-state index contributed by atoms with van der Waals surface area (Å²) < 4.78 is 42.1. The predicted octanol–water partition coefficient (Wildman–Crippen LogP) is 4.32. The Bertz CT molecular complexity index is 1450. The highest BCUT2D eigenvalue weighted by Crippen LogP contribution is 2.38. The number of carbonyl (C=O) groups excluding carboxylic acids is 1. The van der Waals surface area contributed by atoms with Crippen molar-refractivity contribution in [2.45, 2.75) is 19.7 Å². The third-order valence-corrected chi connectivity index (χ3v) is 5.58. The van der Waals surface area contributed by atoms with E-state index in [4.69, 9.17) is 5.73 Å². The molecule has 0 fully saturated rings. The Kier molecular flexibility index (Phi) is 7.11. The van der Waals surface area contributed by atoms with E-state index in [1.165, 1.54) is 12.1 Å². The number of rotatable bonds is 7. The van der Waals surface area contributed by atoms with Crippen LogP contribution in [0.1, 0.15) is 28.5 Å². The molecule has 0 atom stereocenters. The molecule has 0 unspecified atom stereocenters. The van der Waals surface area contributed by atoms with Crippen LogP contribution >= 0.6 is 0 Å². The van der Waals surface area contributed by atoms with Gasteiger partial charge >= 0.3 is 6.18 Å². The van der Waals surface area contributed by atoms with Crippen LogP contribution in [0, 0.1) is 0 Å². The number of anilines is 3. The van der Waals surface area contributed by atoms with E-state index in [0.29, 0.717) is 23.8 Å². The Morgan fingerprint density at radius 1 is 1.14 bits per heavy atom. The normalized spacial score (nSPS) is 11.4. The summed E-state index contributed by atoms with van der Waals surface area (Å²) in [5.41, 5.74) is 5.69. The zero-order valence-corrected chi connectivity index (χ0v) is 20.0. The van der Waals surface area contributed by atoms with Gasteiger partial charge in [0.05, 0.1) is 23.5 Å². The lowest BCUT2D eigenvalue weighted by atomic mass is 9.99. The largest absolute Gasteiger partial charge is 0.418 e. The smallest absolute Gasteiger partial charge is 0.397 e. The van der Waals surface area contributed by atoms with Crippen LogP contribution in [0.3, 0.4) is 0 Å². The molecular formula is C25H24F3N7O2. The minimum absolute atomic E-state index is 0.0514. The van der Waals surface area contributed by atoms with E-state index in [1.54, 1.807) is 17.0 Å². The molecule has 0 aliphatic carbocycles. The monoisotopic (exact) mass is 511 g/mol. The van der Waals surface area contributed by atoms with E-state index in [2.05, 4.69) is 25.8 Å². The summed E-state index contributed by atoms with van der Waals surface area (Å²) in [5.74, 6) is 0.231. The molecule has 0 bridgehead atoms. The van der Waals surface area contributed by atoms with Crippen molar-refractivity contribution in [1.82, 2.24) is 19.7 Å². The number of hydrogen-bond donors (Lipinski definition) is 4. The van der Waals surface area contributed by atoms with Crippen LogP contribution in [0.2, 0.25) is 0 Å². The van der Waals surface area contributed by atoms with Gasteiger partial charge in [-0.25, -0.2) is 4.98 Å². The number of hydrogen-bond acceptors (Lipinski definition) is 7. The molecule has 0 aliphatic heterocycles. The number of pyridine rings is 1. The van der Waals surface area contributed by atoms with Crippen molar-refractivity contribution >= 4 is 23.1 Å². The van der Waals surface area contributed by atoms with Gasteiger partial charge in [-0.05, 0) is 47.9 Å². The molecule has 37 heavy (non-hydrogen) atoms. The van der Waals surface area contributed by atoms with E-state index in [1.807, 2.05) is 38.2 Å². The molecule has 0 spiro atoms. The van der Waals surface area contributed by atoms with Gasteiger partial charge in [-0.1, -0.05) is 24.3 Å². The first kappa shape index (κ1) is 25.6. The molecule has 12 heteroatoms. The molecule has 1 amide bonds. The minimum Gasteiger partial charge on any atom is -0.397 e. The Morgan fingerprint density at radius 2 is 1.86 bits per heavy atom. The van der Waals surface area contributed by atoms with Crippen LogP contribution < -0.4 is 16.4 Å². The number of benzene rings is 2.